The van der Waals surface area contributed by atoms with E-state index >= 15 is 0 Å². The molecule has 1 aromatic rings. The first kappa shape index (κ1) is 16.0. The topological polar surface area (TPSA) is 12.0 Å². The second-order valence-corrected chi connectivity index (χ2v) is 8.36. The highest BCUT2D eigenvalue weighted by molar-refractivity contribution is 7.09. The van der Waals surface area contributed by atoms with Crippen LogP contribution in [0.2, 0.25) is 0 Å². The van der Waals surface area contributed by atoms with Gasteiger partial charge in [0.05, 0.1) is 0 Å². The van der Waals surface area contributed by atoms with E-state index in [-0.39, 0.29) is 0 Å². The molecule has 1 saturated carbocycles. The molecule has 1 fully saturated rings. The second-order valence-electron chi connectivity index (χ2n) is 7.33. The fraction of sp³-hybridized carbons (Fsp3) is 0.778. The summed E-state index contributed by atoms with van der Waals surface area (Å²) in [6.07, 6.45) is 6.62. The minimum Gasteiger partial charge on any atom is -0.314 e. The lowest BCUT2D eigenvalue weighted by Gasteiger charge is -2.44. The highest BCUT2D eigenvalue weighted by atomic mass is 32.1. The monoisotopic (exact) mass is 293 g/mol. The van der Waals surface area contributed by atoms with Gasteiger partial charge in [0, 0.05) is 10.9 Å². The molecule has 0 bridgehead atoms. The van der Waals surface area contributed by atoms with E-state index in [1.54, 1.807) is 4.88 Å². The molecular weight excluding hydrogens is 262 g/mol. The van der Waals surface area contributed by atoms with Crippen molar-refractivity contribution in [3.05, 3.63) is 22.4 Å². The minimum atomic E-state index is 0.399. The van der Waals surface area contributed by atoms with E-state index in [9.17, 15) is 0 Å². The highest BCUT2D eigenvalue weighted by Gasteiger charge is 2.38. The molecule has 20 heavy (non-hydrogen) atoms. The van der Waals surface area contributed by atoms with Crippen molar-refractivity contribution in [3.8, 4) is 0 Å². The molecule has 1 N–H and O–H groups in total. The lowest BCUT2D eigenvalue weighted by molar-refractivity contribution is 0.0947. The van der Waals surface area contributed by atoms with Crippen molar-refractivity contribution in [2.45, 2.75) is 65.8 Å². The predicted octanol–water partition coefficient (Wildman–Crippen LogP) is 5.12. The molecule has 0 aliphatic heterocycles. The Kier molecular flexibility index (Phi) is 5.68. The first-order chi connectivity index (χ1) is 9.53. The molecule has 0 aromatic carbocycles. The van der Waals surface area contributed by atoms with Crippen LogP contribution < -0.4 is 5.32 Å². The van der Waals surface area contributed by atoms with Crippen LogP contribution in [0.1, 0.15) is 58.3 Å². The molecule has 2 rings (SSSR count). The third-order valence-electron chi connectivity index (χ3n) is 4.98. The normalized spacial score (nSPS) is 27.7. The summed E-state index contributed by atoms with van der Waals surface area (Å²) in [6, 6.07) is 5.20. The third-order valence-corrected chi connectivity index (χ3v) is 5.86. The van der Waals surface area contributed by atoms with Crippen molar-refractivity contribution < 1.29 is 0 Å². The van der Waals surface area contributed by atoms with Gasteiger partial charge in [-0.3, -0.25) is 0 Å². The average Bonchev–Trinajstić information content (AvgIpc) is 2.88. The number of rotatable bonds is 6. The van der Waals surface area contributed by atoms with E-state index in [1.165, 1.54) is 38.6 Å². The molecule has 0 radical (unpaired) electrons. The predicted molar refractivity (Wildman–Crippen MR) is 90.4 cm³/mol. The van der Waals surface area contributed by atoms with E-state index < -0.39 is 0 Å². The second kappa shape index (κ2) is 7.09. The Morgan fingerprint density at radius 2 is 2.15 bits per heavy atom. The highest BCUT2D eigenvalue weighted by Crippen LogP contribution is 2.42. The van der Waals surface area contributed by atoms with Gasteiger partial charge in [0.2, 0.25) is 0 Å². The summed E-state index contributed by atoms with van der Waals surface area (Å²) in [5.41, 5.74) is 0.399. The molecule has 1 aliphatic carbocycles. The standard InChI is InChI=1S/C18H31NS/c1-5-10-19-17-12-14(2)8-9-16(17)18(3,4)13-15-7-6-11-20-15/h6-7,11,14,16-17,19H,5,8-10,12-13H2,1-4H3. The van der Waals surface area contributed by atoms with Crippen molar-refractivity contribution in [1.29, 1.82) is 0 Å². The van der Waals surface area contributed by atoms with Crippen LogP contribution in [-0.2, 0) is 6.42 Å². The van der Waals surface area contributed by atoms with Crippen LogP contribution in [-0.4, -0.2) is 12.6 Å². The molecule has 3 unspecified atom stereocenters. The van der Waals surface area contributed by atoms with Crippen LogP contribution in [0.25, 0.3) is 0 Å². The summed E-state index contributed by atoms with van der Waals surface area (Å²) in [5, 5.41) is 6.05. The Hall–Kier alpha value is -0.340. The summed E-state index contributed by atoms with van der Waals surface area (Å²) < 4.78 is 0. The molecule has 114 valence electrons. The molecule has 0 spiro atoms. The van der Waals surface area contributed by atoms with Gasteiger partial charge in [0.15, 0.2) is 0 Å². The molecule has 1 aromatic heterocycles. The molecule has 0 amide bonds. The summed E-state index contributed by atoms with van der Waals surface area (Å²) in [7, 11) is 0. The summed E-state index contributed by atoms with van der Waals surface area (Å²) >= 11 is 1.91. The van der Waals surface area contributed by atoms with Crippen molar-refractivity contribution in [2.24, 2.45) is 17.3 Å². The Balaban J connectivity index is 2.05. The Labute approximate surface area is 129 Å². The molecule has 3 atom stereocenters. The summed E-state index contributed by atoms with van der Waals surface area (Å²) in [5.74, 6) is 1.70. The SMILES string of the molecule is CCCNC1CC(C)CCC1C(C)(C)Cc1cccs1. The first-order valence-corrected chi connectivity index (χ1v) is 9.16. The van der Waals surface area contributed by atoms with E-state index in [2.05, 4.69) is 50.5 Å². The molecule has 1 heterocycles. The van der Waals surface area contributed by atoms with Crippen LogP contribution in [0, 0.1) is 17.3 Å². The maximum atomic E-state index is 3.84. The van der Waals surface area contributed by atoms with E-state index in [1.807, 2.05) is 11.3 Å². The van der Waals surface area contributed by atoms with Gasteiger partial charge in [0.25, 0.3) is 0 Å². The van der Waals surface area contributed by atoms with Crippen LogP contribution in [0.4, 0.5) is 0 Å². The summed E-state index contributed by atoms with van der Waals surface area (Å²) in [4.78, 5) is 1.54. The number of hydrogen-bond donors (Lipinski definition) is 1. The number of nitrogens with one attached hydrogen (secondary N) is 1. The number of hydrogen-bond acceptors (Lipinski definition) is 2. The zero-order valence-electron chi connectivity index (χ0n) is 13.6. The van der Waals surface area contributed by atoms with Gasteiger partial charge >= 0.3 is 0 Å². The van der Waals surface area contributed by atoms with Crippen LogP contribution in [0.5, 0.6) is 0 Å². The first-order valence-electron chi connectivity index (χ1n) is 8.28. The zero-order chi connectivity index (χ0) is 14.6. The van der Waals surface area contributed by atoms with Crippen LogP contribution >= 0.6 is 11.3 Å². The van der Waals surface area contributed by atoms with Gasteiger partial charge < -0.3 is 5.32 Å². The quantitative estimate of drug-likeness (QED) is 0.767. The third kappa shape index (κ3) is 4.08. The fourth-order valence-corrected chi connectivity index (χ4v) is 4.81. The van der Waals surface area contributed by atoms with E-state index in [0.29, 0.717) is 11.5 Å². The van der Waals surface area contributed by atoms with Gasteiger partial charge in [-0.1, -0.05) is 40.2 Å². The molecular formula is C18H31NS. The Morgan fingerprint density at radius 3 is 2.80 bits per heavy atom. The van der Waals surface area contributed by atoms with Gasteiger partial charge in [-0.05, 0) is 60.9 Å². The van der Waals surface area contributed by atoms with Crippen LogP contribution in [0.15, 0.2) is 17.5 Å². The molecule has 1 nitrogen and oxygen atoms in total. The lowest BCUT2D eigenvalue weighted by Crippen LogP contribution is -2.47. The minimum absolute atomic E-state index is 0.399. The molecule has 1 aliphatic rings. The van der Waals surface area contributed by atoms with E-state index in [4.69, 9.17) is 0 Å². The van der Waals surface area contributed by atoms with Crippen molar-refractivity contribution in [3.63, 3.8) is 0 Å². The van der Waals surface area contributed by atoms with Gasteiger partial charge in [0.1, 0.15) is 0 Å². The largest absolute Gasteiger partial charge is 0.314 e. The Bertz CT molecular complexity index is 382. The van der Waals surface area contributed by atoms with Gasteiger partial charge in [-0.25, -0.2) is 0 Å². The maximum absolute atomic E-state index is 3.84. The van der Waals surface area contributed by atoms with E-state index in [0.717, 1.165) is 11.8 Å². The van der Waals surface area contributed by atoms with Crippen LogP contribution in [0.3, 0.4) is 0 Å². The van der Waals surface area contributed by atoms with Gasteiger partial charge in [-0.15, -0.1) is 11.3 Å². The smallest absolute Gasteiger partial charge is 0.0103 e. The van der Waals surface area contributed by atoms with Crippen molar-refractivity contribution in [2.75, 3.05) is 6.54 Å². The molecule has 2 heteroatoms. The Morgan fingerprint density at radius 1 is 1.35 bits per heavy atom. The summed E-state index contributed by atoms with van der Waals surface area (Å²) in [6.45, 7) is 10.8. The van der Waals surface area contributed by atoms with Crippen molar-refractivity contribution >= 4 is 11.3 Å². The molecule has 0 saturated heterocycles. The van der Waals surface area contributed by atoms with Crippen molar-refractivity contribution in [1.82, 2.24) is 5.32 Å². The zero-order valence-corrected chi connectivity index (χ0v) is 14.4. The lowest BCUT2D eigenvalue weighted by atomic mass is 9.65. The fourth-order valence-electron chi connectivity index (χ4n) is 3.86. The number of thiophene rings is 1. The van der Waals surface area contributed by atoms with Gasteiger partial charge in [-0.2, -0.15) is 0 Å². The maximum Gasteiger partial charge on any atom is 0.0103 e. The average molecular weight is 294 g/mol.